The molecular weight excluding hydrogens is 405 g/mol. The van der Waals surface area contributed by atoms with Gasteiger partial charge in [0.1, 0.15) is 5.82 Å². The van der Waals surface area contributed by atoms with Crippen LogP contribution in [0.15, 0.2) is 42.5 Å². The van der Waals surface area contributed by atoms with Gasteiger partial charge in [0.05, 0.1) is 17.6 Å². The largest absolute Gasteiger partial charge is 0.356 e. The van der Waals surface area contributed by atoms with E-state index in [-0.39, 0.29) is 11.8 Å². The Morgan fingerprint density at radius 3 is 2.62 bits per heavy atom. The van der Waals surface area contributed by atoms with Gasteiger partial charge in [0.25, 0.3) is 0 Å². The number of para-hydroxylation sites is 2. The van der Waals surface area contributed by atoms with Crippen molar-refractivity contribution in [3.63, 3.8) is 0 Å². The Morgan fingerprint density at radius 2 is 1.90 bits per heavy atom. The third-order valence-electron chi connectivity index (χ3n) is 5.31. The molecule has 0 fully saturated rings. The van der Waals surface area contributed by atoms with Gasteiger partial charge in [-0.25, -0.2) is 4.98 Å². The first-order valence-electron chi connectivity index (χ1n) is 10.2. The summed E-state index contributed by atoms with van der Waals surface area (Å²) in [7, 11) is 0. The second kappa shape index (κ2) is 10.1. The molecule has 154 valence electrons. The number of aryl methyl sites for hydroxylation is 1. The van der Waals surface area contributed by atoms with Gasteiger partial charge in [-0.3, -0.25) is 4.79 Å². The fourth-order valence-corrected chi connectivity index (χ4v) is 4.04. The molecule has 1 heterocycles. The van der Waals surface area contributed by atoms with Crippen LogP contribution in [0, 0.1) is 5.92 Å². The van der Waals surface area contributed by atoms with Crippen molar-refractivity contribution >= 4 is 40.1 Å². The van der Waals surface area contributed by atoms with E-state index in [9.17, 15) is 4.79 Å². The first-order chi connectivity index (χ1) is 14.0. The van der Waals surface area contributed by atoms with Gasteiger partial charge in [-0.1, -0.05) is 55.2 Å². The molecule has 2 aromatic carbocycles. The van der Waals surface area contributed by atoms with E-state index in [0.717, 1.165) is 48.1 Å². The number of carbonyl (C=O) groups excluding carboxylic acids is 1. The predicted octanol–water partition coefficient (Wildman–Crippen LogP) is 5.88. The first kappa shape index (κ1) is 21.7. The standard InChI is InChI=1S/C23H27Cl2N3O/c1-3-16(4-2)23(29)26-13-7-10-22-27-20-8-5-6-9-21(20)28(22)15-17-11-12-18(24)14-19(17)25/h5-6,8-9,11-12,14,16H,3-4,7,10,13,15H2,1-2H3,(H,26,29). The smallest absolute Gasteiger partial charge is 0.223 e. The summed E-state index contributed by atoms with van der Waals surface area (Å²) >= 11 is 12.4. The highest BCUT2D eigenvalue weighted by atomic mass is 35.5. The maximum absolute atomic E-state index is 12.2. The lowest BCUT2D eigenvalue weighted by Gasteiger charge is -2.13. The van der Waals surface area contributed by atoms with Crippen molar-refractivity contribution in [3.05, 3.63) is 63.9 Å². The van der Waals surface area contributed by atoms with Gasteiger partial charge in [0.2, 0.25) is 5.91 Å². The molecule has 3 aromatic rings. The fourth-order valence-electron chi connectivity index (χ4n) is 3.57. The molecule has 1 N–H and O–H groups in total. The van der Waals surface area contributed by atoms with Gasteiger partial charge in [-0.05, 0) is 49.1 Å². The van der Waals surface area contributed by atoms with Crippen molar-refractivity contribution in [2.24, 2.45) is 5.92 Å². The number of rotatable bonds is 9. The number of halogens is 2. The highest BCUT2D eigenvalue weighted by molar-refractivity contribution is 6.35. The Hall–Kier alpha value is -2.04. The molecule has 0 atom stereocenters. The summed E-state index contributed by atoms with van der Waals surface area (Å²) in [5.74, 6) is 1.25. The molecule has 0 aliphatic heterocycles. The second-order valence-electron chi connectivity index (χ2n) is 7.25. The number of carbonyl (C=O) groups is 1. The third kappa shape index (κ3) is 5.31. The zero-order chi connectivity index (χ0) is 20.8. The average Bonchev–Trinajstić information content (AvgIpc) is 3.06. The minimum absolute atomic E-state index is 0.103. The molecular formula is C23H27Cl2N3O. The highest BCUT2D eigenvalue weighted by Gasteiger charge is 2.15. The van der Waals surface area contributed by atoms with Gasteiger partial charge in [-0.15, -0.1) is 0 Å². The third-order valence-corrected chi connectivity index (χ3v) is 5.90. The van der Waals surface area contributed by atoms with E-state index >= 15 is 0 Å². The molecule has 0 aliphatic carbocycles. The maximum Gasteiger partial charge on any atom is 0.223 e. The molecule has 0 radical (unpaired) electrons. The van der Waals surface area contributed by atoms with Crippen LogP contribution in [0.2, 0.25) is 10.0 Å². The molecule has 0 unspecified atom stereocenters. The minimum Gasteiger partial charge on any atom is -0.356 e. The number of benzene rings is 2. The van der Waals surface area contributed by atoms with E-state index < -0.39 is 0 Å². The van der Waals surface area contributed by atoms with E-state index in [1.54, 1.807) is 6.07 Å². The SMILES string of the molecule is CCC(CC)C(=O)NCCCc1nc2ccccc2n1Cc1ccc(Cl)cc1Cl. The molecule has 0 saturated carbocycles. The number of hydrogen-bond acceptors (Lipinski definition) is 2. The zero-order valence-electron chi connectivity index (χ0n) is 16.9. The summed E-state index contributed by atoms with van der Waals surface area (Å²) in [6.07, 6.45) is 3.37. The van der Waals surface area contributed by atoms with E-state index in [0.29, 0.717) is 23.1 Å². The van der Waals surface area contributed by atoms with E-state index in [4.69, 9.17) is 28.2 Å². The average molecular weight is 432 g/mol. The van der Waals surface area contributed by atoms with Gasteiger partial charge >= 0.3 is 0 Å². The second-order valence-corrected chi connectivity index (χ2v) is 8.09. The van der Waals surface area contributed by atoms with Crippen molar-refractivity contribution in [3.8, 4) is 0 Å². The van der Waals surface area contributed by atoms with Gasteiger partial charge in [-0.2, -0.15) is 0 Å². The molecule has 0 aliphatic rings. The Morgan fingerprint density at radius 1 is 1.14 bits per heavy atom. The van der Waals surface area contributed by atoms with Crippen molar-refractivity contribution in [2.45, 2.75) is 46.1 Å². The Balaban J connectivity index is 1.74. The van der Waals surface area contributed by atoms with Crippen molar-refractivity contribution in [1.29, 1.82) is 0 Å². The number of amides is 1. The lowest BCUT2D eigenvalue weighted by molar-refractivity contribution is -0.125. The number of nitrogens with zero attached hydrogens (tertiary/aromatic N) is 2. The topological polar surface area (TPSA) is 46.9 Å². The van der Waals surface area contributed by atoms with Crippen LogP contribution in [0.1, 0.15) is 44.5 Å². The van der Waals surface area contributed by atoms with Gasteiger partial charge in [0.15, 0.2) is 0 Å². The quantitative estimate of drug-likeness (QED) is 0.430. The van der Waals surface area contributed by atoms with E-state index in [2.05, 4.69) is 29.8 Å². The Bertz CT molecular complexity index is 979. The Kier molecular flexibility index (Phi) is 7.57. The number of hydrogen-bond donors (Lipinski definition) is 1. The molecule has 0 bridgehead atoms. The van der Waals surface area contributed by atoms with Gasteiger partial charge in [0, 0.05) is 28.9 Å². The summed E-state index contributed by atoms with van der Waals surface area (Å²) in [5.41, 5.74) is 3.05. The van der Waals surface area contributed by atoms with Crippen LogP contribution in [0.5, 0.6) is 0 Å². The molecule has 0 saturated heterocycles. The van der Waals surface area contributed by atoms with E-state index in [1.807, 2.05) is 30.3 Å². The summed E-state index contributed by atoms with van der Waals surface area (Å²) in [6.45, 7) is 5.39. The highest BCUT2D eigenvalue weighted by Crippen LogP contribution is 2.25. The molecule has 1 amide bonds. The molecule has 29 heavy (non-hydrogen) atoms. The van der Waals surface area contributed by atoms with Crippen LogP contribution in [0.25, 0.3) is 11.0 Å². The van der Waals surface area contributed by atoms with Crippen molar-refractivity contribution < 1.29 is 4.79 Å². The molecule has 4 nitrogen and oxygen atoms in total. The number of imidazole rings is 1. The molecule has 3 rings (SSSR count). The summed E-state index contributed by atoms with van der Waals surface area (Å²) < 4.78 is 2.20. The monoisotopic (exact) mass is 431 g/mol. The van der Waals surface area contributed by atoms with Crippen LogP contribution < -0.4 is 5.32 Å². The summed E-state index contributed by atoms with van der Waals surface area (Å²) in [5, 5.41) is 4.34. The number of aromatic nitrogens is 2. The molecule has 0 spiro atoms. The number of nitrogens with one attached hydrogen (secondary N) is 1. The van der Waals surface area contributed by atoms with Crippen LogP contribution in [-0.2, 0) is 17.8 Å². The molecule has 1 aromatic heterocycles. The predicted molar refractivity (Wildman–Crippen MR) is 121 cm³/mol. The first-order valence-corrected chi connectivity index (χ1v) is 10.9. The normalized spacial score (nSPS) is 11.3. The lowest BCUT2D eigenvalue weighted by Crippen LogP contribution is -2.31. The summed E-state index contributed by atoms with van der Waals surface area (Å²) in [6, 6.07) is 13.7. The number of fused-ring (bicyclic) bond motifs is 1. The van der Waals surface area contributed by atoms with Crippen LogP contribution in [0.3, 0.4) is 0 Å². The minimum atomic E-state index is 0.103. The maximum atomic E-state index is 12.2. The lowest BCUT2D eigenvalue weighted by atomic mass is 10.0. The summed E-state index contributed by atoms with van der Waals surface area (Å²) in [4.78, 5) is 17.0. The van der Waals surface area contributed by atoms with Gasteiger partial charge < -0.3 is 9.88 Å². The Labute approximate surface area is 182 Å². The van der Waals surface area contributed by atoms with Crippen LogP contribution >= 0.6 is 23.2 Å². The zero-order valence-corrected chi connectivity index (χ0v) is 18.4. The molecule has 6 heteroatoms. The van der Waals surface area contributed by atoms with Crippen molar-refractivity contribution in [2.75, 3.05) is 6.54 Å². The van der Waals surface area contributed by atoms with E-state index in [1.165, 1.54) is 0 Å². The van der Waals surface area contributed by atoms with Crippen LogP contribution in [-0.4, -0.2) is 22.0 Å². The van der Waals surface area contributed by atoms with Crippen LogP contribution in [0.4, 0.5) is 0 Å². The van der Waals surface area contributed by atoms with Crippen molar-refractivity contribution in [1.82, 2.24) is 14.9 Å². The fraction of sp³-hybridized carbons (Fsp3) is 0.391.